The van der Waals surface area contributed by atoms with Gasteiger partial charge in [-0.3, -0.25) is 0 Å². The van der Waals surface area contributed by atoms with E-state index in [2.05, 4.69) is 27.0 Å². The van der Waals surface area contributed by atoms with Gasteiger partial charge in [0.1, 0.15) is 5.60 Å². The van der Waals surface area contributed by atoms with E-state index >= 15 is 0 Å². The second-order valence-corrected chi connectivity index (χ2v) is 4.21. The van der Waals surface area contributed by atoms with E-state index in [1.54, 1.807) is 0 Å². The predicted molar refractivity (Wildman–Crippen MR) is 58.0 cm³/mol. The molecule has 1 fully saturated rings. The Labute approximate surface area is 86.6 Å². The van der Waals surface area contributed by atoms with E-state index in [0.29, 0.717) is 12.5 Å². The molecule has 0 aromatic heterocycles. The summed E-state index contributed by atoms with van der Waals surface area (Å²) in [4.78, 5) is 0. The second-order valence-electron chi connectivity index (χ2n) is 4.21. The molecule has 1 unspecified atom stereocenters. The van der Waals surface area contributed by atoms with Gasteiger partial charge in [0.15, 0.2) is 6.29 Å². The standard InChI is InChI=1S/C12H20O2/c1-5-7-12(8-6-2)9-13-11(14-12)10(3)4/h5-6,10-11H,1-2,7-9H2,3-4H3. The molecule has 1 rings (SSSR count). The van der Waals surface area contributed by atoms with E-state index in [9.17, 15) is 0 Å². The highest BCUT2D eigenvalue weighted by Crippen LogP contribution is 2.33. The Morgan fingerprint density at radius 3 is 2.29 bits per heavy atom. The van der Waals surface area contributed by atoms with Crippen molar-refractivity contribution in [2.24, 2.45) is 5.92 Å². The van der Waals surface area contributed by atoms with Crippen molar-refractivity contribution in [3.05, 3.63) is 25.3 Å². The van der Waals surface area contributed by atoms with Crippen LogP contribution in [0.3, 0.4) is 0 Å². The van der Waals surface area contributed by atoms with Crippen LogP contribution in [-0.4, -0.2) is 18.5 Å². The Balaban J connectivity index is 2.63. The van der Waals surface area contributed by atoms with Crippen LogP contribution in [0.25, 0.3) is 0 Å². The topological polar surface area (TPSA) is 18.5 Å². The zero-order chi connectivity index (χ0) is 10.6. The average molecular weight is 196 g/mol. The van der Waals surface area contributed by atoms with Crippen molar-refractivity contribution >= 4 is 0 Å². The molecule has 0 N–H and O–H groups in total. The summed E-state index contributed by atoms with van der Waals surface area (Å²) in [7, 11) is 0. The van der Waals surface area contributed by atoms with Crippen molar-refractivity contribution in [2.45, 2.75) is 38.6 Å². The molecule has 80 valence electrons. The lowest BCUT2D eigenvalue weighted by molar-refractivity contribution is -0.112. The summed E-state index contributed by atoms with van der Waals surface area (Å²) in [5.74, 6) is 0.395. The summed E-state index contributed by atoms with van der Waals surface area (Å²) in [6.45, 7) is 12.3. The minimum atomic E-state index is -0.210. The monoisotopic (exact) mass is 196 g/mol. The van der Waals surface area contributed by atoms with Crippen molar-refractivity contribution < 1.29 is 9.47 Å². The molecule has 0 aliphatic carbocycles. The van der Waals surface area contributed by atoms with Crippen LogP contribution in [0, 0.1) is 5.92 Å². The quantitative estimate of drug-likeness (QED) is 0.629. The third-order valence-corrected chi connectivity index (χ3v) is 2.45. The first-order chi connectivity index (χ1) is 6.63. The highest BCUT2D eigenvalue weighted by atomic mass is 16.7. The van der Waals surface area contributed by atoms with Crippen LogP contribution in [-0.2, 0) is 9.47 Å². The summed E-state index contributed by atoms with van der Waals surface area (Å²) in [5.41, 5.74) is -0.210. The number of rotatable bonds is 5. The van der Waals surface area contributed by atoms with Crippen LogP contribution >= 0.6 is 0 Å². The van der Waals surface area contributed by atoms with Gasteiger partial charge >= 0.3 is 0 Å². The van der Waals surface area contributed by atoms with Crippen molar-refractivity contribution in [3.63, 3.8) is 0 Å². The zero-order valence-corrected chi connectivity index (χ0v) is 9.16. The molecule has 2 heteroatoms. The molecule has 14 heavy (non-hydrogen) atoms. The molecular formula is C12H20O2. The van der Waals surface area contributed by atoms with E-state index in [0.717, 1.165) is 12.8 Å². The average Bonchev–Trinajstić information content (AvgIpc) is 2.51. The molecule has 0 bridgehead atoms. The Morgan fingerprint density at radius 1 is 1.36 bits per heavy atom. The highest BCUT2D eigenvalue weighted by Gasteiger charge is 2.40. The van der Waals surface area contributed by atoms with Crippen molar-refractivity contribution in [2.75, 3.05) is 6.61 Å². The van der Waals surface area contributed by atoms with Gasteiger partial charge in [0.05, 0.1) is 6.61 Å². The highest BCUT2D eigenvalue weighted by molar-refractivity contribution is 4.96. The minimum Gasteiger partial charge on any atom is -0.349 e. The third-order valence-electron chi connectivity index (χ3n) is 2.45. The fourth-order valence-electron chi connectivity index (χ4n) is 1.70. The predicted octanol–water partition coefficient (Wildman–Crippen LogP) is 2.91. The molecule has 1 aliphatic rings. The molecule has 1 heterocycles. The van der Waals surface area contributed by atoms with Gasteiger partial charge < -0.3 is 9.47 Å². The summed E-state index contributed by atoms with van der Waals surface area (Å²) < 4.78 is 11.5. The maximum Gasteiger partial charge on any atom is 0.160 e. The van der Waals surface area contributed by atoms with Gasteiger partial charge in [-0.2, -0.15) is 0 Å². The van der Waals surface area contributed by atoms with E-state index in [1.807, 2.05) is 12.2 Å². The van der Waals surface area contributed by atoms with Gasteiger partial charge in [0.25, 0.3) is 0 Å². The van der Waals surface area contributed by atoms with Crippen LogP contribution in [0.4, 0.5) is 0 Å². The van der Waals surface area contributed by atoms with Crippen LogP contribution in [0.5, 0.6) is 0 Å². The van der Waals surface area contributed by atoms with Crippen LogP contribution in [0.1, 0.15) is 26.7 Å². The lowest BCUT2D eigenvalue weighted by atomic mass is 9.97. The summed E-state index contributed by atoms with van der Waals surface area (Å²) in [6.07, 6.45) is 5.34. The summed E-state index contributed by atoms with van der Waals surface area (Å²) in [6, 6.07) is 0. The van der Waals surface area contributed by atoms with Gasteiger partial charge in [-0.15, -0.1) is 13.2 Å². The number of hydrogen-bond acceptors (Lipinski definition) is 2. The summed E-state index contributed by atoms with van der Waals surface area (Å²) >= 11 is 0. The van der Waals surface area contributed by atoms with E-state index in [-0.39, 0.29) is 11.9 Å². The SMILES string of the molecule is C=CCC1(CC=C)COC(C(C)C)O1. The molecular weight excluding hydrogens is 176 g/mol. The largest absolute Gasteiger partial charge is 0.349 e. The van der Waals surface area contributed by atoms with E-state index in [4.69, 9.17) is 9.47 Å². The maximum atomic E-state index is 5.93. The molecule has 1 atom stereocenters. The van der Waals surface area contributed by atoms with Crippen molar-refractivity contribution in [3.8, 4) is 0 Å². The third kappa shape index (κ3) is 2.46. The first-order valence-electron chi connectivity index (χ1n) is 5.15. The first kappa shape index (κ1) is 11.5. The van der Waals surface area contributed by atoms with Gasteiger partial charge in [-0.25, -0.2) is 0 Å². The van der Waals surface area contributed by atoms with E-state index < -0.39 is 0 Å². The Bertz CT molecular complexity index is 198. The number of ether oxygens (including phenoxy) is 2. The first-order valence-corrected chi connectivity index (χ1v) is 5.15. The lowest BCUT2D eigenvalue weighted by Crippen LogP contribution is -2.31. The molecule has 0 aromatic rings. The molecule has 0 spiro atoms. The smallest absolute Gasteiger partial charge is 0.160 e. The Hall–Kier alpha value is -0.600. The van der Waals surface area contributed by atoms with Crippen molar-refractivity contribution in [1.82, 2.24) is 0 Å². The lowest BCUT2D eigenvalue weighted by Gasteiger charge is -2.25. The molecule has 0 aromatic carbocycles. The molecule has 2 nitrogen and oxygen atoms in total. The van der Waals surface area contributed by atoms with Crippen molar-refractivity contribution in [1.29, 1.82) is 0 Å². The van der Waals surface area contributed by atoms with Gasteiger partial charge in [-0.05, 0) is 12.8 Å². The molecule has 1 aliphatic heterocycles. The van der Waals surface area contributed by atoms with Crippen LogP contribution in [0.15, 0.2) is 25.3 Å². The van der Waals surface area contributed by atoms with Gasteiger partial charge in [0.2, 0.25) is 0 Å². The normalized spacial score (nSPS) is 25.2. The second kappa shape index (κ2) is 4.76. The van der Waals surface area contributed by atoms with Gasteiger partial charge in [-0.1, -0.05) is 26.0 Å². The molecule has 1 saturated heterocycles. The fraction of sp³-hybridized carbons (Fsp3) is 0.667. The Morgan fingerprint density at radius 2 is 1.93 bits per heavy atom. The maximum absolute atomic E-state index is 5.93. The Kier molecular flexibility index (Phi) is 3.90. The fourth-order valence-corrected chi connectivity index (χ4v) is 1.70. The molecule has 0 amide bonds. The minimum absolute atomic E-state index is 0.0742. The van der Waals surface area contributed by atoms with Crippen LogP contribution < -0.4 is 0 Å². The zero-order valence-electron chi connectivity index (χ0n) is 9.16. The van der Waals surface area contributed by atoms with Crippen LogP contribution in [0.2, 0.25) is 0 Å². The molecule has 0 radical (unpaired) electrons. The van der Waals surface area contributed by atoms with E-state index in [1.165, 1.54) is 0 Å². The molecule has 0 saturated carbocycles. The van der Waals surface area contributed by atoms with Gasteiger partial charge in [0, 0.05) is 5.92 Å². The summed E-state index contributed by atoms with van der Waals surface area (Å²) in [5, 5.41) is 0. The number of hydrogen-bond donors (Lipinski definition) is 0.